The predicted molar refractivity (Wildman–Crippen MR) is 344 cm³/mol. The lowest BCUT2D eigenvalue weighted by Crippen LogP contribution is -2.50. The van der Waals surface area contributed by atoms with E-state index in [4.69, 9.17) is 28.7 Å². The molecule has 1 aliphatic heterocycles. The number of rotatable bonds is 33. The fraction of sp³-hybridized carbons (Fsp3) is 0.265. The van der Waals surface area contributed by atoms with E-state index in [-0.39, 0.29) is 46.7 Å². The summed E-state index contributed by atoms with van der Waals surface area (Å²) in [6.45, 7) is 4.18. The maximum absolute atomic E-state index is 13.9. The minimum Gasteiger partial charge on any atom is -0.468 e. The molecule has 2 atom stereocenters. The van der Waals surface area contributed by atoms with Crippen molar-refractivity contribution in [3.63, 3.8) is 0 Å². The highest BCUT2D eigenvalue weighted by Crippen LogP contribution is 2.42. The van der Waals surface area contributed by atoms with E-state index in [1.54, 1.807) is 37.4 Å². The number of benzene rings is 7. The molecule has 1 aliphatic rings. The molecule has 2 unspecified atom stereocenters. The number of ether oxygens (including phenoxy) is 5. The third-order valence-electron chi connectivity index (χ3n) is 15.0. The van der Waals surface area contributed by atoms with Crippen LogP contribution in [0.2, 0.25) is 0 Å². The van der Waals surface area contributed by atoms with Crippen molar-refractivity contribution in [3.05, 3.63) is 234 Å². The number of hydrogen-bond acceptors (Lipinski definition) is 16. The molecule has 1 aromatic heterocycles. The molecule has 5 N–H and O–H groups in total. The van der Waals surface area contributed by atoms with Crippen LogP contribution in [0.1, 0.15) is 57.9 Å². The van der Waals surface area contributed by atoms with Crippen LogP contribution in [0, 0.1) is 5.92 Å². The van der Waals surface area contributed by atoms with Gasteiger partial charge in [0.15, 0.2) is 5.78 Å². The third-order valence-corrected chi connectivity index (χ3v) is 18.0. The summed E-state index contributed by atoms with van der Waals surface area (Å²) in [5.41, 5.74) is 5.50. The molecule has 8 aromatic rings. The molecule has 2 heterocycles. The number of methoxy groups -OCH3 is 1. The van der Waals surface area contributed by atoms with Crippen molar-refractivity contribution < 1.29 is 59.7 Å². The van der Waals surface area contributed by atoms with Gasteiger partial charge in [0, 0.05) is 57.3 Å². The Kier molecular flexibility index (Phi) is 23.3. The van der Waals surface area contributed by atoms with Crippen LogP contribution in [0.5, 0.6) is 0 Å². The molecule has 0 saturated carbocycles. The maximum Gasteiger partial charge on any atom is 0.407 e. The number of ketones is 1. The second kappa shape index (κ2) is 32.0. The van der Waals surface area contributed by atoms with E-state index < -0.39 is 62.1 Å². The summed E-state index contributed by atoms with van der Waals surface area (Å²) < 4.78 is 87.4. The highest BCUT2D eigenvalue weighted by atomic mass is 32.2. The van der Waals surface area contributed by atoms with Crippen molar-refractivity contribution >= 4 is 61.1 Å². The summed E-state index contributed by atoms with van der Waals surface area (Å²) in [5, 5.41) is 8.78. The molecule has 23 heteroatoms. The number of anilines is 1. The zero-order valence-electron chi connectivity index (χ0n) is 50.4. The Labute approximate surface area is 529 Å². The third kappa shape index (κ3) is 17.2. The van der Waals surface area contributed by atoms with Gasteiger partial charge in [-0.25, -0.2) is 36.3 Å². The molecule has 0 bridgehead atoms. The SMILES string of the molecule is COC(=O)C(CNC(=O)C1=Nc2cc(CNc3nccn3C(c3ccccc3)(c3ccccc3)c3ccccc3)ccc2C(=O)C1C)NS(=O)(=O)c1ccc(-c2ccc(S(=O)(=O)NCCCOCCOCCOCCCNC(=O)OCc3ccccc3)cc2)cc1. The van der Waals surface area contributed by atoms with Gasteiger partial charge in [-0.15, -0.1) is 0 Å². The average molecular weight is 1270 g/mol. The number of esters is 1. The van der Waals surface area contributed by atoms with Crippen molar-refractivity contribution in [1.82, 2.24) is 29.6 Å². The van der Waals surface area contributed by atoms with Gasteiger partial charge in [0.1, 0.15) is 23.9 Å². The number of carbonyl (C=O) groups excluding carboxylic acids is 4. The van der Waals surface area contributed by atoms with Crippen molar-refractivity contribution in [2.45, 2.75) is 54.3 Å². The molecule has 9 rings (SSSR count). The van der Waals surface area contributed by atoms with Crippen LogP contribution in [-0.4, -0.2) is 128 Å². The summed E-state index contributed by atoms with van der Waals surface area (Å²) >= 11 is 0. The number of carbonyl (C=O) groups is 4. The van der Waals surface area contributed by atoms with Gasteiger partial charge in [0.05, 0.1) is 54.9 Å². The predicted octanol–water partition coefficient (Wildman–Crippen LogP) is 8.58. The van der Waals surface area contributed by atoms with E-state index in [2.05, 4.69) is 71.4 Å². The smallest absolute Gasteiger partial charge is 0.407 e. The second-order valence-corrected chi connectivity index (χ2v) is 24.6. The summed E-state index contributed by atoms with van der Waals surface area (Å²) in [6, 6.07) is 55.4. The summed E-state index contributed by atoms with van der Waals surface area (Å²) in [6.07, 6.45) is 4.23. The zero-order chi connectivity index (χ0) is 64.1. The van der Waals surface area contributed by atoms with Crippen LogP contribution >= 0.6 is 0 Å². The van der Waals surface area contributed by atoms with Crippen molar-refractivity contribution in [2.75, 3.05) is 71.7 Å². The van der Waals surface area contributed by atoms with Crippen LogP contribution in [0.25, 0.3) is 11.1 Å². The van der Waals surface area contributed by atoms with Crippen LogP contribution in [-0.2, 0) is 72.0 Å². The van der Waals surface area contributed by atoms with Crippen molar-refractivity contribution in [3.8, 4) is 11.1 Å². The summed E-state index contributed by atoms with van der Waals surface area (Å²) in [7, 11) is -7.18. The molecular formula is C68H72N8O13S2. The zero-order valence-corrected chi connectivity index (χ0v) is 52.0. The van der Waals surface area contributed by atoms with Crippen LogP contribution in [0.15, 0.2) is 215 Å². The molecule has 0 saturated heterocycles. The fourth-order valence-electron chi connectivity index (χ4n) is 10.3. The molecule has 2 amide bonds. The van der Waals surface area contributed by atoms with Crippen LogP contribution in [0.3, 0.4) is 0 Å². The molecule has 91 heavy (non-hydrogen) atoms. The van der Waals surface area contributed by atoms with E-state index in [1.807, 2.05) is 97.2 Å². The number of hydrogen-bond donors (Lipinski definition) is 5. The number of sulfonamides is 2. The van der Waals surface area contributed by atoms with Gasteiger partial charge in [0.2, 0.25) is 26.0 Å². The normalized spacial score (nSPS) is 13.5. The highest BCUT2D eigenvalue weighted by Gasteiger charge is 2.40. The topological polar surface area (TPSA) is 273 Å². The van der Waals surface area contributed by atoms with Gasteiger partial charge in [0.25, 0.3) is 5.91 Å². The lowest BCUT2D eigenvalue weighted by molar-refractivity contribution is -0.142. The molecule has 7 aromatic carbocycles. The van der Waals surface area contributed by atoms with Crippen molar-refractivity contribution in [1.29, 1.82) is 0 Å². The van der Waals surface area contributed by atoms with Gasteiger partial charge in [-0.3, -0.25) is 19.0 Å². The highest BCUT2D eigenvalue weighted by molar-refractivity contribution is 7.89. The first-order valence-corrected chi connectivity index (χ1v) is 32.6. The Morgan fingerprint density at radius 3 is 1.70 bits per heavy atom. The molecule has 21 nitrogen and oxygen atoms in total. The minimum absolute atomic E-state index is 0.0316. The Balaban J connectivity index is 0.725. The number of aromatic nitrogens is 2. The minimum atomic E-state index is -4.40. The van der Waals surface area contributed by atoms with E-state index in [1.165, 1.54) is 36.4 Å². The number of aliphatic imine (C=N–C) groups is 1. The molecule has 474 valence electrons. The molecule has 0 radical (unpaired) electrons. The number of amides is 2. The van der Waals surface area contributed by atoms with E-state index in [0.717, 1.165) is 34.9 Å². The molecule has 0 spiro atoms. The first-order chi connectivity index (χ1) is 44.2. The molecule has 0 aliphatic carbocycles. The summed E-state index contributed by atoms with van der Waals surface area (Å²) in [5.74, 6) is -2.52. The number of nitrogens with one attached hydrogen (secondary N) is 5. The van der Waals surface area contributed by atoms with E-state index >= 15 is 0 Å². The number of nitrogens with zero attached hydrogens (tertiary/aromatic N) is 3. The number of fused-ring (bicyclic) bond motifs is 1. The van der Waals surface area contributed by atoms with Gasteiger partial charge < -0.3 is 39.6 Å². The maximum atomic E-state index is 13.9. The largest absolute Gasteiger partial charge is 0.468 e. The second-order valence-electron chi connectivity index (χ2n) is 21.1. The first kappa shape index (κ1) is 66.2. The van der Waals surface area contributed by atoms with Crippen LogP contribution < -0.4 is 25.4 Å². The Hall–Kier alpha value is -9.20. The van der Waals surface area contributed by atoms with Crippen LogP contribution in [0.4, 0.5) is 16.4 Å². The lowest BCUT2D eigenvalue weighted by Gasteiger charge is -2.38. The lowest BCUT2D eigenvalue weighted by atomic mass is 9.76. The van der Waals surface area contributed by atoms with Crippen molar-refractivity contribution in [2.24, 2.45) is 10.9 Å². The average Bonchev–Trinajstić information content (AvgIpc) is 1.70. The number of Topliss-reactive ketones (excluding diaryl/α,β-unsaturated/α-hetero) is 1. The Morgan fingerprint density at radius 2 is 1.14 bits per heavy atom. The van der Waals surface area contributed by atoms with Gasteiger partial charge in [-0.1, -0.05) is 152 Å². The quantitative estimate of drug-likeness (QED) is 0.0146. The Bertz CT molecular complexity index is 3880. The first-order valence-electron chi connectivity index (χ1n) is 29.6. The number of imidazole rings is 1. The fourth-order valence-corrected chi connectivity index (χ4v) is 12.6. The number of alkyl carbamates (subject to hydrolysis) is 1. The van der Waals surface area contributed by atoms with Gasteiger partial charge in [-0.05, 0) is 95.1 Å². The monoisotopic (exact) mass is 1270 g/mol. The van der Waals surface area contributed by atoms with Gasteiger partial charge in [-0.2, -0.15) is 4.72 Å². The standard InChI is InChI=1S/C68H72N8O13S2/c1-49-62(74-60-45-51(25-34-59(60)63(49)77)46-72-66-69-37-38-76(66)68(54-19-9-4-10-20-54,55-21-11-5-12-22-55)56-23-13-6-14-24-56)64(78)71-47-61(65(79)85-2)75-91(83,84)58-32-28-53(29-33-58)52-26-30-57(31-27-52)90(81,82)73-36-16-40-87-42-44-88-43-41-86-39-15-35-70-67(80)89-48-50-17-7-3-8-18-50/h3-14,17-34,37-38,45,49,61,73,75H,15-16,35-36,39-44,46-48H2,1-2H3,(H,69,72)(H,70,80)(H,71,78). The van der Waals surface area contributed by atoms with E-state index in [9.17, 15) is 36.0 Å². The Morgan fingerprint density at radius 1 is 0.615 bits per heavy atom. The molecular weight excluding hydrogens is 1200 g/mol. The summed E-state index contributed by atoms with van der Waals surface area (Å²) in [4.78, 5) is 61.8. The van der Waals surface area contributed by atoms with Gasteiger partial charge >= 0.3 is 12.1 Å². The molecule has 0 fully saturated rings. The van der Waals surface area contributed by atoms with E-state index in [0.29, 0.717) is 81.7 Å².